The van der Waals surface area contributed by atoms with Gasteiger partial charge in [-0.05, 0) is 63.1 Å². The molecule has 0 saturated heterocycles. The minimum Gasteiger partial charge on any atom is -0.355 e. The lowest BCUT2D eigenvalue weighted by Crippen LogP contribution is -2.23. The summed E-state index contributed by atoms with van der Waals surface area (Å²) in [5.41, 5.74) is 9.27. The lowest BCUT2D eigenvalue weighted by atomic mass is 9.82. The summed E-state index contributed by atoms with van der Waals surface area (Å²) in [6.07, 6.45) is 0. The number of hydrogen-bond acceptors (Lipinski definition) is 4. The number of hydrogen-bond donors (Lipinski definition) is 2. The molecule has 2 N–H and O–H groups in total. The molecule has 4 aromatic carbocycles. The third-order valence-electron chi connectivity index (χ3n) is 6.37. The number of anilines is 4. The highest BCUT2D eigenvalue weighted by molar-refractivity contribution is 6.32. The Morgan fingerprint density at radius 1 is 0.500 bits per heavy atom. The maximum Gasteiger partial charge on any atom is 0.196 e. The molecule has 1 aliphatic rings. The van der Waals surface area contributed by atoms with Crippen molar-refractivity contribution in [3.8, 4) is 0 Å². The SMILES string of the molecule is Cc1ccc(Nc2cccc3c2C(=O)c2cccc(Nc4ccc(C)cc4C)c2C3=O)c(C)c1. The number of carbonyl (C=O) groups excluding carboxylic acids is 2. The van der Waals surface area contributed by atoms with E-state index >= 15 is 0 Å². The van der Waals surface area contributed by atoms with E-state index in [0.29, 0.717) is 33.6 Å². The molecule has 0 bridgehead atoms. The lowest BCUT2D eigenvalue weighted by molar-refractivity contribution is 0.0980. The molecule has 0 unspecified atom stereocenters. The number of benzene rings is 4. The molecule has 0 atom stereocenters. The first kappa shape index (κ1) is 21.7. The molecule has 168 valence electrons. The van der Waals surface area contributed by atoms with Crippen LogP contribution in [-0.2, 0) is 0 Å². The van der Waals surface area contributed by atoms with Gasteiger partial charge in [0, 0.05) is 22.5 Å². The predicted octanol–water partition coefficient (Wildman–Crippen LogP) is 7.18. The molecule has 0 aromatic heterocycles. The van der Waals surface area contributed by atoms with Crippen molar-refractivity contribution in [2.24, 2.45) is 0 Å². The molecule has 0 fully saturated rings. The van der Waals surface area contributed by atoms with Crippen LogP contribution in [0.2, 0.25) is 0 Å². The van der Waals surface area contributed by atoms with Crippen LogP contribution in [0.1, 0.15) is 54.1 Å². The van der Waals surface area contributed by atoms with Crippen molar-refractivity contribution in [3.05, 3.63) is 117 Å². The van der Waals surface area contributed by atoms with Crippen molar-refractivity contribution in [1.82, 2.24) is 0 Å². The fourth-order valence-corrected chi connectivity index (χ4v) is 4.65. The smallest absolute Gasteiger partial charge is 0.196 e. The minimum atomic E-state index is -0.151. The average Bonchev–Trinajstić information content (AvgIpc) is 2.81. The van der Waals surface area contributed by atoms with Gasteiger partial charge in [-0.2, -0.15) is 0 Å². The maximum absolute atomic E-state index is 13.7. The van der Waals surface area contributed by atoms with Crippen molar-refractivity contribution < 1.29 is 9.59 Å². The predicted molar refractivity (Wildman–Crippen MR) is 138 cm³/mol. The first-order chi connectivity index (χ1) is 16.3. The number of ketones is 2. The van der Waals surface area contributed by atoms with Crippen molar-refractivity contribution in [1.29, 1.82) is 0 Å². The quantitative estimate of drug-likeness (QED) is 0.307. The fraction of sp³-hybridized carbons (Fsp3) is 0.133. The summed E-state index contributed by atoms with van der Waals surface area (Å²) in [7, 11) is 0. The van der Waals surface area contributed by atoms with Gasteiger partial charge in [0.2, 0.25) is 0 Å². The van der Waals surface area contributed by atoms with E-state index in [9.17, 15) is 9.59 Å². The molecule has 5 rings (SSSR count). The highest BCUT2D eigenvalue weighted by Crippen LogP contribution is 2.37. The molecule has 4 heteroatoms. The fourth-order valence-electron chi connectivity index (χ4n) is 4.65. The van der Waals surface area contributed by atoms with E-state index in [0.717, 1.165) is 22.5 Å². The summed E-state index contributed by atoms with van der Waals surface area (Å²) in [4.78, 5) is 27.4. The molecular formula is C30H26N2O2. The van der Waals surface area contributed by atoms with Gasteiger partial charge in [-0.1, -0.05) is 59.7 Å². The second kappa shape index (κ2) is 8.31. The van der Waals surface area contributed by atoms with Gasteiger partial charge in [0.05, 0.1) is 22.5 Å². The lowest BCUT2D eigenvalue weighted by Gasteiger charge is -2.24. The van der Waals surface area contributed by atoms with Gasteiger partial charge < -0.3 is 10.6 Å². The summed E-state index contributed by atoms with van der Waals surface area (Å²) in [5.74, 6) is -0.302. The zero-order valence-electron chi connectivity index (χ0n) is 19.7. The zero-order chi connectivity index (χ0) is 24.0. The van der Waals surface area contributed by atoms with E-state index in [2.05, 4.69) is 22.8 Å². The topological polar surface area (TPSA) is 58.2 Å². The summed E-state index contributed by atoms with van der Waals surface area (Å²) in [5, 5.41) is 6.78. The van der Waals surface area contributed by atoms with Crippen LogP contribution in [0.15, 0.2) is 72.8 Å². The summed E-state index contributed by atoms with van der Waals surface area (Å²) in [6.45, 7) is 8.14. The molecule has 4 aromatic rings. The second-order valence-corrected chi connectivity index (χ2v) is 9.00. The first-order valence-electron chi connectivity index (χ1n) is 11.4. The molecule has 0 saturated carbocycles. The van der Waals surface area contributed by atoms with Gasteiger partial charge in [-0.15, -0.1) is 0 Å². The van der Waals surface area contributed by atoms with Crippen molar-refractivity contribution in [3.63, 3.8) is 0 Å². The van der Waals surface area contributed by atoms with Crippen LogP contribution in [0.25, 0.3) is 0 Å². The van der Waals surface area contributed by atoms with Gasteiger partial charge in [-0.25, -0.2) is 0 Å². The Morgan fingerprint density at radius 3 is 1.29 bits per heavy atom. The van der Waals surface area contributed by atoms with E-state index in [4.69, 9.17) is 0 Å². The van der Waals surface area contributed by atoms with Crippen LogP contribution in [-0.4, -0.2) is 11.6 Å². The molecule has 4 nitrogen and oxygen atoms in total. The monoisotopic (exact) mass is 446 g/mol. The van der Waals surface area contributed by atoms with Crippen molar-refractivity contribution in [2.75, 3.05) is 10.6 Å². The molecule has 34 heavy (non-hydrogen) atoms. The van der Waals surface area contributed by atoms with Crippen LogP contribution < -0.4 is 10.6 Å². The van der Waals surface area contributed by atoms with Crippen molar-refractivity contribution in [2.45, 2.75) is 27.7 Å². The zero-order valence-corrected chi connectivity index (χ0v) is 19.7. The molecule has 0 spiro atoms. The summed E-state index contributed by atoms with van der Waals surface area (Å²) >= 11 is 0. The van der Waals surface area contributed by atoms with Gasteiger partial charge in [0.1, 0.15) is 0 Å². The van der Waals surface area contributed by atoms with Gasteiger partial charge >= 0.3 is 0 Å². The average molecular weight is 447 g/mol. The molecule has 0 aliphatic heterocycles. The van der Waals surface area contributed by atoms with E-state index < -0.39 is 0 Å². The first-order valence-corrected chi connectivity index (χ1v) is 11.4. The standard InChI is InChI=1S/C30H26N2O2/c1-17-11-13-23(19(3)15-17)31-25-9-5-7-21-27(25)29(33)22-8-6-10-26(28(22)30(21)34)32-24-14-12-18(2)16-20(24)4/h5-16,31-32H,1-4H3. The number of rotatable bonds is 4. The van der Waals surface area contributed by atoms with Crippen LogP contribution in [0.3, 0.4) is 0 Å². The van der Waals surface area contributed by atoms with E-state index in [1.165, 1.54) is 11.1 Å². The number of nitrogens with one attached hydrogen (secondary N) is 2. The third-order valence-corrected chi connectivity index (χ3v) is 6.37. The van der Waals surface area contributed by atoms with Gasteiger partial charge in [-0.3, -0.25) is 9.59 Å². The Morgan fingerprint density at radius 2 is 0.912 bits per heavy atom. The molecule has 1 aliphatic carbocycles. The second-order valence-electron chi connectivity index (χ2n) is 9.00. The number of carbonyl (C=O) groups is 2. The molecule has 0 amide bonds. The minimum absolute atomic E-state index is 0.151. The summed E-state index contributed by atoms with van der Waals surface area (Å²) < 4.78 is 0. The normalized spacial score (nSPS) is 12.2. The van der Waals surface area contributed by atoms with E-state index in [1.807, 2.05) is 76.2 Å². The van der Waals surface area contributed by atoms with Crippen LogP contribution in [0.4, 0.5) is 22.7 Å². The Labute approximate surface area is 199 Å². The summed E-state index contributed by atoms with van der Waals surface area (Å²) in [6, 6.07) is 23.0. The largest absolute Gasteiger partial charge is 0.355 e. The van der Waals surface area contributed by atoms with Gasteiger partial charge in [0.15, 0.2) is 11.6 Å². The van der Waals surface area contributed by atoms with Gasteiger partial charge in [0.25, 0.3) is 0 Å². The van der Waals surface area contributed by atoms with Crippen LogP contribution in [0.5, 0.6) is 0 Å². The Kier molecular flexibility index (Phi) is 5.29. The van der Waals surface area contributed by atoms with Crippen molar-refractivity contribution >= 4 is 34.3 Å². The Bertz CT molecular complexity index is 1370. The Balaban J connectivity index is 1.58. The number of aryl methyl sites for hydroxylation is 4. The molecule has 0 heterocycles. The van der Waals surface area contributed by atoms with Crippen LogP contribution >= 0.6 is 0 Å². The van der Waals surface area contributed by atoms with Crippen LogP contribution in [0, 0.1) is 27.7 Å². The van der Waals surface area contributed by atoms with E-state index in [1.54, 1.807) is 12.1 Å². The number of fused-ring (bicyclic) bond motifs is 2. The molecule has 0 radical (unpaired) electrons. The maximum atomic E-state index is 13.7. The Hall–Kier alpha value is -4.18. The van der Waals surface area contributed by atoms with E-state index in [-0.39, 0.29) is 11.6 Å². The highest BCUT2D eigenvalue weighted by atomic mass is 16.1. The third kappa shape index (κ3) is 3.67. The molecular weight excluding hydrogens is 420 g/mol. The highest BCUT2D eigenvalue weighted by Gasteiger charge is 2.33.